The number of hydrogen-bond donors (Lipinski definition) is 0. The third-order valence-electron chi connectivity index (χ3n) is 2.21. The van der Waals surface area contributed by atoms with Crippen molar-refractivity contribution in [3.63, 3.8) is 0 Å². The normalized spacial score (nSPS) is 10.4. The molecule has 14 heavy (non-hydrogen) atoms. The molecule has 0 saturated heterocycles. The molecule has 0 spiro atoms. The smallest absolute Gasteiger partial charge is 0.170 e. The number of thiophene rings is 1. The second kappa shape index (κ2) is 3.38. The molecule has 4 heteroatoms. The summed E-state index contributed by atoms with van der Waals surface area (Å²) in [6, 6.07) is 3.96. The molecular weight excluding hydrogens is 196 g/mol. The van der Waals surface area contributed by atoms with Gasteiger partial charge in [0.2, 0.25) is 0 Å². The lowest BCUT2D eigenvalue weighted by atomic mass is 10.3. The van der Waals surface area contributed by atoms with Crippen molar-refractivity contribution in [1.82, 2.24) is 9.55 Å². The average molecular weight is 206 g/mol. The topological polar surface area (TPSA) is 34.9 Å². The molecule has 2 rings (SSSR count). The van der Waals surface area contributed by atoms with Gasteiger partial charge in [-0.2, -0.15) is 0 Å². The summed E-state index contributed by atoms with van der Waals surface area (Å²) in [6.45, 7) is 1.89. The second-order valence-corrected chi connectivity index (χ2v) is 3.99. The van der Waals surface area contributed by atoms with Crippen LogP contribution in [0, 0.1) is 6.92 Å². The Morgan fingerprint density at radius 3 is 2.93 bits per heavy atom. The van der Waals surface area contributed by atoms with E-state index < -0.39 is 0 Å². The van der Waals surface area contributed by atoms with Crippen LogP contribution in [0.3, 0.4) is 0 Å². The molecule has 2 aromatic heterocycles. The van der Waals surface area contributed by atoms with E-state index >= 15 is 0 Å². The minimum atomic E-state index is 0.521. The van der Waals surface area contributed by atoms with E-state index in [1.165, 1.54) is 0 Å². The van der Waals surface area contributed by atoms with Crippen LogP contribution in [0.5, 0.6) is 0 Å². The summed E-state index contributed by atoms with van der Waals surface area (Å²) >= 11 is 1.61. The zero-order valence-electron chi connectivity index (χ0n) is 8.02. The highest BCUT2D eigenvalue weighted by Gasteiger charge is 2.13. The number of carbonyl (C=O) groups excluding carboxylic acids is 1. The van der Waals surface area contributed by atoms with Gasteiger partial charge in [0.15, 0.2) is 6.29 Å². The van der Waals surface area contributed by atoms with Gasteiger partial charge in [0.25, 0.3) is 0 Å². The van der Waals surface area contributed by atoms with Crippen molar-refractivity contribution in [2.24, 2.45) is 7.05 Å². The molecule has 0 N–H and O–H groups in total. The van der Waals surface area contributed by atoms with Crippen LogP contribution in [0.2, 0.25) is 0 Å². The van der Waals surface area contributed by atoms with Crippen molar-refractivity contribution < 1.29 is 4.79 Å². The van der Waals surface area contributed by atoms with Crippen LogP contribution in [0.25, 0.3) is 10.6 Å². The molecule has 0 aliphatic rings. The third-order valence-corrected chi connectivity index (χ3v) is 3.09. The third kappa shape index (κ3) is 1.28. The Kier molecular flexibility index (Phi) is 2.21. The van der Waals surface area contributed by atoms with Gasteiger partial charge in [0, 0.05) is 7.05 Å². The first kappa shape index (κ1) is 9.15. The number of hydrogen-bond acceptors (Lipinski definition) is 3. The predicted molar refractivity (Wildman–Crippen MR) is 56.6 cm³/mol. The molecule has 3 nitrogen and oxygen atoms in total. The van der Waals surface area contributed by atoms with Crippen molar-refractivity contribution in [2.75, 3.05) is 0 Å². The first-order valence-corrected chi connectivity index (χ1v) is 5.14. The van der Waals surface area contributed by atoms with Gasteiger partial charge in [0.1, 0.15) is 11.5 Å². The van der Waals surface area contributed by atoms with Crippen LogP contribution in [0.1, 0.15) is 16.3 Å². The van der Waals surface area contributed by atoms with Gasteiger partial charge in [-0.3, -0.25) is 4.79 Å². The van der Waals surface area contributed by atoms with Gasteiger partial charge in [-0.25, -0.2) is 4.98 Å². The molecule has 2 aromatic rings. The highest BCUT2D eigenvalue weighted by molar-refractivity contribution is 7.13. The summed E-state index contributed by atoms with van der Waals surface area (Å²) in [7, 11) is 1.92. The SMILES string of the molecule is Cc1nc(C=O)c(-c2cccs2)n1C. The monoisotopic (exact) mass is 206 g/mol. The van der Waals surface area contributed by atoms with Crippen molar-refractivity contribution in [1.29, 1.82) is 0 Å². The highest BCUT2D eigenvalue weighted by Crippen LogP contribution is 2.27. The molecule has 0 amide bonds. The fourth-order valence-electron chi connectivity index (χ4n) is 1.42. The van der Waals surface area contributed by atoms with Crippen LogP contribution >= 0.6 is 11.3 Å². The zero-order chi connectivity index (χ0) is 10.1. The summed E-state index contributed by atoms with van der Waals surface area (Å²) < 4.78 is 1.94. The molecule has 2 heterocycles. The lowest BCUT2D eigenvalue weighted by Gasteiger charge is -2.00. The summed E-state index contributed by atoms with van der Waals surface area (Å²) in [5.41, 5.74) is 1.43. The number of aromatic nitrogens is 2. The molecule has 0 aliphatic heterocycles. The van der Waals surface area contributed by atoms with E-state index in [1.54, 1.807) is 11.3 Å². The molecule has 0 saturated carbocycles. The first-order valence-electron chi connectivity index (χ1n) is 4.26. The zero-order valence-corrected chi connectivity index (χ0v) is 8.84. The fourth-order valence-corrected chi connectivity index (χ4v) is 2.24. The quantitative estimate of drug-likeness (QED) is 0.706. The van der Waals surface area contributed by atoms with E-state index in [0.29, 0.717) is 5.69 Å². The number of nitrogens with zero attached hydrogens (tertiary/aromatic N) is 2. The van der Waals surface area contributed by atoms with Crippen LogP contribution in [-0.2, 0) is 7.05 Å². The highest BCUT2D eigenvalue weighted by atomic mass is 32.1. The lowest BCUT2D eigenvalue weighted by Crippen LogP contribution is -1.93. The van der Waals surface area contributed by atoms with E-state index in [-0.39, 0.29) is 0 Å². The number of imidazole rings is 1. The minimum Gasteiger partial charge on any atom is -0.330 e. The molecular formula is C10H10N2OS. The van der Waals surface area contributed by atoms with Crippen molar-refractivity contribution >= 4 is 17.6 Å². The Bertz CT molecular complexity index is 457. The summed E-state index contributed by atoms with van der Waals surface area (Å²) in [5, 5.41) is 1.99. The Balaban J connectivity index is 2.67. The minimum absolute atomic E-state index is 0.521. The molecule has 0 radical (unpaired) electrons. The van der Waals surface area contributed by atoms with Gasteiger partial charge in [0.05, 0.1) is 10.6 Å². The summed E-state index contributed by atoms with van der Waals surface area (Å²) in [5.74, 6) is 0.857. The van der Waals surface area contributed by atoms with E-state index in [4.69, 9.17) is 0 Å². The van der Waals surface area contributed by atoms with Crippen LogP contribution in [-0.4, -0.2) is 15.8 Å². The Morgan fingerprint density at radius 1 is 1.57 bits per heavy atom. The maximum Gasteiger partial charge on any atom is 0.170 e. The van der Waals surface area contributed by atoms with Crippen molar-refractivity contribution in [3.05, 3.63) is 29.0 Å². The maximum atomic E-state index is 10.8. The molecule has 0 bridgehead atoms. The lowest BCUT2D eigenvalue weighted by molar-refractivity contribution is 0.112. The van der Waals surface area contributed by atoms with Gasteiger partial charge < -0.3 is 4.57 Å². The second-order valence-electron chi connectivity index (χ2n) is 3.05. The average Bonchev–Trinajstić information content (AvgIpc) is 2.76. The van der Waals surface area contributed by atoms with E-state index in [1.807, 2.05) is 36.1 Å². The van der Waals surface area contributed by atoms with Gasteiger partial charge in [-0.1, -0.05) is 6.07 Å². The van der Waals surface area contributed by atoms with E-state index in [0.717, 1.165) is 22.7 Å². The number of rotatable bonds is 2. The Morgan fingerprint density at radius 2 is 2.36 bits per heavy atom. The van der Waals surface area contributed by atoms with Gasteiger partial charge in [-0.05, 0) is 18.4 Å². The number of aryl methyl sites for hydroxylation is 1. The molecule has 0 unspecified atom stereocenters. The van der Waals surface area contributed by atoms with E-state index in [9.17, 15) is 4.79 Å². The molecule has 0 aliphatic carbocycles. The van der Waals surface area contributed by atoms with Gasteiger partial charge in [-0.15, -0.1) is 11.3 Å². The van der Waals surface area contributed by atoms with Gasteiger partial charge >= 0.3 is 0 Å². The molecule has 72 valence electrons. The van der Waals surface area contributed by atoms with Crippen LogP contribution < -0.4 is 0 Å². The van der Waals surface area contributed by atoms with Crippen molar-refractivity contribution in [3.8, 4) is 10.6 Å². The maximum absolute atomic E-state index is 10.8. The van der Waals surface area contributed by atoms with Crippen molar-refractivity contribution in [2.45, 2.75) is 6.92 Å². The fraction of sp³-hybridized carbons (Fsp3) is 0.200. The predicted octanol–water partition coefficient (Wildman–Crippen LogP) is 2.27. The Hall–Kier alpha value is -1.42. The molecule has 0 atom stereocenters. The van der Waals surface area contributed by atoms with Crippen LogP contribution in [0.15, 0.2) is 17.5 Å². The standard InChI is InChI=1S/C10H10N2OS/c1-7-11-8(6-13)10(12(7)2)9-4-3-5-14-9/h3-6H,1-2H3. The van der Waals surface area contributed by atoms with Crippen LogP contribution in [0.4, 0.5) is 0 Å². The largest absolute Gasteiger partial charge is 0.330 e. The first-order chi connectivity index (χ1) is 6.74. The number of carbonyl (C=O) groups is 1. The summed E-state index contributed by atoms with van der Waals surface area (Å²) in [6.07, 6.45) is 0.808. The van der Waals surface area contributed by atoms with E-state index in [2.05, 4.69) is 4.98 Å². The summed E-state index contributed by atoms with van der Waals surface area (Å²) in [4.78, 5) is 16.1. The molecule has 0 fully saturated rings. The molecule has 0 aromatic carbocycles. The Labute approximate surface area is 86.0 Å². The number of aldehydes is 1.